The van der Waals surface area contributed by atoms with E-state index in [0.717, 1.165) is 31.4 Å². The van der Waals surface area contributed by atoms with Crippen LogP contribution in [-0.4, -0.2) is 26.4 Å². The zero-order chi connectivity index (χ0) is 13.7. The van der Waals surface area contributed by atoms with Crippen molar-refractivity contribution in [3.05, 3.63) is 22.7 Å². The van der Waals surface area contributed by atoms with E-state index in [1.165, 1.54) is 0 Å². The van der Waals surface area contributed by atoms with Gasteiger partial charge < -0.3 is 19.9 Å². The maximum atomic E-state index is 6.20. The van der Waals surface area contributed by atoms with Crippen LogP contribution >= 0.6 is 11.6 Å². The highest BCUT2D eigenvalue weighted by Crippen LogP contribution is 2.36. The van der Waals surface area contributed by atoms with Gasteiger partial charge >= 0.3 is 0 Å². The van der Waals surface area contributed by atoms with E-state index in [0.29, 0.717) is 35.8 Å². The lowest BCUT2D eigenvalue weighted by Crippen LogP contribution is -2.11. The molecule has 1 heterocycles. The number of methoxy groups -OCH3 is 1. The highest BCUT2D eigenvalue weighted by Gasteiger charge is 2.17. The van der Waals surface area contributed by atoms with Gasteiger partial charge in [0.1, 0.15) is 0 Å². The predicted molar refractivity (Wildman–Crippen MR) is 75.0 cm³/mol. The Morgan fingerprint density at radius 3 is 2.95 bits per heavy atom. The first-order chi connectivity index (χ1) is 9.24. The van der Waals surface area contributed by atoms with E-state index in [-0.39, 0.29) is 0 Å². The van der Waals surface area contributed by atoms with Crippen molar-refractivity contribution >= 4 is 11.6 Å². The van der Waals surface area contributed by atoms with Crippen molar-refractivity contribution in [1.29, 1.82) is 0 Å². The molecule has 1 atom stereocenters. The summed E-state index contributed by atoms with van der Waals surface area (Å²) in [6.07, 6.45) is 3.44. The van der Waals surface area contributed by atoms with Crippen molar-refractivity contribution in [3.63, 3.8) is 0 Å². The van der Waals surface area contributed by atoms with Crippen LogP contribution < -0.4 is 15.2 Å². The Balaban J connectivity index is 1.98. The molecule has 1 aliphatic heterocycles. The van der Waals surface area contributed by atoms with Crippen LogP contribution in [0.1, 0.15) is 24.8 Å². The van der Waals surface area contributed by atoms with Gasteiger partial charge in [-0.2, -0.15) is 0 Å². The Morgan fingerprint density at radius 1 is 1.47 bits per heavy atom. The molecule has 0 amide bonds. The molecule has 0 bridgehead atoms. The first kappa shape index (κ1) is 14.4. The van der Waals surface area contributed by atoms with Gasteiger partial charge in [-0.05, 0) is 30.5 Å². The Bertz CT molecular complexity index is 419. The average Bonchev–Trinajstić information content (AvgIpc) is 2.93. The molecule has 2 N–H and O–H groups in total. The van der Waals surface area contributed by atoms with E-state index in [1.54, 1.807) is 7.11 Å². The molecule has 106 valence electrons. The van der Waals surface area contributed by atoms with E-state index >= 15 is 0 Å². The predicted octanol–water partition coefficient (Wildman–Crippen LogP) is 2.76. The second-order valence-corrected chi connectivity index (χ2v) is 4.99. The number of nitrogens with two attached hydrogens (primary N) is 1. The molecule has 1 aromatic carbocycles. The largest absolute Gasteiger partial charge is 0.493 e. The van der Waals surface area contributed by atoms with Crippen LogP contribution in [0.2, 0.25) is 5.02 Å². The molecule has 0 aliphatic carbocycles. The minimum absolute atomic E-state index is 0.313. The first-order valence-electron chi connectivity index (χ1n) is 6.55. The molecule has 2 rings (SSSR count). The molecule has 4 nitrogen and oxygen atoms in total. The molecule has 0 spiro atoms. The normalized spacial score (nSPS) is 18.6. The van der Waals surface area contributed by atoms with E-state index in [2.05, 4.69) is 0 Å². The first-order valence-corrected chi connectivity index (χ1v) is 6.93. The fraction of sp³-hybridized carbons (Fsp3) is 0.571. The molecular formula is C14H20ClNO3. The molecule has 1 fully saturated rings. The summed E-state index contributed by atoms with van der Waals surface area (Å²) in [6, 6.07) is 3.67. The number of benzene rings is 1. The molecular weight excluding hydrogens is 266 g/mol. The fourth-order valence-electron chi connectivity index (χ4n) is 2.20. The van der Waals surface area contributed by atoms with Gasteiger partial charge in [-0.3, -0.25) is 0 Å². The summed E-state index contributed by atoms with van der Waals surface area (Å²) in [7, 11) is 1.60. The van der Waals surface area contributed by atoms with Crippen LogP contribution in [0.5, 0.6) is 11.5 Å². The van der Waals surface area contributed by atoms with Gasteiger partial charge in [-0.25, -0.2) is 0 Å². The van der Waals surface area contributed by atoms with Crippen molar-refractivity contribution < 1.29 is 14.2 Å². The number of rotatable bonds is 6. The lowest BCUT2D eigenvalue weighted by molar-refractivity contribution is 0.0899. The van der Waals surface area contributed by atoms with Crippen molar-refractivity contribution in [3.8, 4) is 11.5 Å². The topological polar surface area (TPSA) is 53.7 Å². The molecule has 1 aromatic rings. The Labute approximate surface area is 118 Å². The number of halogens is 1. The number of hydrogen-bond donors (Lipinski definition) is 1. The van der Waals surface area contributed by atoms with Crippen LogP contribution in [0.25, 0.3) is 0 Å². The van der Waals surface area contributed by atoms with Crippen LogP contribution in [0.15, 0.2) is 12.1 Å². The summed E-state index contributed by atoms with van der Waals surface area (Å²) in [5, 5.41) is 0.534. The SMILES string of the molecule is COc1cc(CN)cc(Cl)c1OCCC1CCCO1. The third kappa shape index (κ3) is 3.75. The highest BCUT2D eigenvalue weighted by molar-refractivity contribution is 6.32. The zero-order valence-corrected chi connectivity index (χ0v) is 11.9. The second kappa shape index (κ2) is 6.98. The molecule has 19 heavy (non-hydrogen) atoms. The van der Waals surface area contributed by atoms with Crippen molar-refractivity contribution in [2.75, 3.05) is 20.3 Å². The van der Waals surface area contributed by atoms with Gasteiger partial charge in [0.2, 0.25) is 0 Å². The third-order valence-corrected chi connectivity index (χ3v) is 3.52. The highest BCUT2D eigenvalue weighted by atomic mass is 35.5. The van der Waals surface area contributed by atoms with E-state index < -0.39 is 0 Å². The summed E-state index contributed by atoms with van der Waals surface area (Å²) in [5.41, 5.74) is 6.53. The summed E-state index contributed by atoms with van der Waals surface area (Å²) in [6.45, 7) is 1.86. The Morgan fingerprint density at radius 2 is 2.32 bits per heavy atom. The van der Waals surface area contributed by atoms with Gasteiger partial charge in [0, 0.05) is 19.6 Å². The minimum Gasteiger partial charge on any atom is -0.493 e. The maximum absolute atomic E-state index is 6.20. The summed E-state index contributed by atoms with van der Waals surface area (Å²) in [4.78, 5) is 0. The van der Waals surface area contributed by atoms with Crippen LogP contribution in [0.3, 0.4) is 0 Å². The van der Waals surface area contributed by atoms with Crippen molar-refractivity contribution in [2.24, 2.45) is 5.73 Å². The van der Waals surface area contributed by atoms with Gasteiger partial charge in [-0.15, -0.1) is 0 Å². The van der Waals surface area contributed by atoms with E-state index in [9.17, 15) is 0 Å². The number of ether oxygens (including phenoxy) is 3. The number of hydrogen-bond acceptors (Lipinski definition) is 4. The van der Waals surface area contributed by atoms with Gasteiger partial charge in [0.25, 0.3) is 0 Å². The standard InChI is InChI=1S/C14H20ClNO3/c1-17-13-8-10(9-16)7-12(15)14(13)19-6-4-11-3-2-5-18-11/h7-8,11H,2-6,9,16H2,1H3. The quantitative estimate of drug-likeness (QED) is 0.873. The summed E-state index contributed by atoms with van der Waals surface area (Å²) >= 11 is 6.20. The molecule has 1 saturated heterocycles. The van der Waals surface area contributed by atoms with Crippen LogP contribution in [0, 0.1) is 0 Å². The fourth-order valence-corrected chi connectivity index (χ4v) is 2.48. The second-order valence-electron chi connectivity index (χ2n) is 4.59. The van der Waals surface area contributed by atoms with Crippen molar-refractivity contribution in [1.82, 2.24) is 0 Å². The van der Waals surface area contributed by atoms with Crippen LogP contribution in [-0.2, 0) is 11.3 Å². The minimum atomic E-state index is 0.313. The van der Waals surface area contributed by atoms with Crippen LogP contribution in [0.4, 0.5) is 0 Å². The summed E-state index contributed by atoms with van der Waals surface area (Å²) in [5.74, 6) is 1.21. The van der Waals surface area contributed by atoms with Crippen molar-refractivity contribution in [2.45, 2.75) is 31.9 Å². The molecule has 0 radical (unpaired) electrons. The molecule has 0 saturated carbocycles. The van der Waals surface area contributed by atoms with Gasteiger partial charge in [0.15, 0.2) is 11.5 Å². The Kier molecular flexibility index (Phi) is 5.31. The Hall–Kier alpha value is -0.970. The average molecular weight is 286 g/mol. The monoisotopic (exact) mass is 285 g/mol. The third-order valence-electron chi connectivity index (χ3n) is 3.24. The van der Waals surface area contributed by atoms with E-state index in [1.807, 2.05) is 12.1 Å². The molecule has 1 unspecified atom stereocenters. The lowest BCUT2D eigenvalue weighted by Gasteiger charge is -2.15. The molecule has 0 aromatic heterocycles. The van der Waals surface area contributed by atoms with E-state index in [4.69, 9.17) is 31.5 Å². The maximum Gasteiger partial charge on any atom is 0.179 e. The molecule has 5 heteroatoms. The van der Waals surface area contributed by atoms with Gasteiger partial charge in [0.05, 0.1) is 24.8 Å². The lowest BCUT2D eigenvalue weighted by atomic mass is 10.2. The smallest absolute Gasteiger partial charge is 0.179 e. The summed E-state index contributed by atoms with van der Waals surface area (Å²) < 4.78 is 16.6. The van der Waals surface area contributed by atoms with Gasteiger partial charge in [-0.1, -0.05) is 11.6 Å². The molecule has 1 aliphatic rings. The zero-order valence-electron chi connectivity index (χ0n) is 11.2.